The van der Waals surface area contributed by atoms with Crippen LogP contribution in [0.25, 0.3) is 0 Å². The lowest BCUT2D eigenvalue weighted by atomic mass is 9.95. The highest BCUT2D eigenvalue weighted by atomic mass is 35.5. The molecule has 1 rings (SSSR count). The van der Waals surface area contributed by atoms with Crippen molar-refractivity contribution in [3.63, 3.8) is 0 Å². The van der Waals surface area contributed by atoms with Crippen LogP contribution in [0.4, 0.5) is 0 Å². The highest BCUT2D eigenvalue weighted by Gasteiger charge is 2.23. The minimum atomic E-state index is -3.45. The van der Waals surface area contributed by atoms with E-state index < -0.39 is 15.6 Å². The second-order valence-corrected chi connectivity index (χ2v) is 7.52. The first-order chi connectivity index (χ1) is 9.21. The quantitative estimate of drug-likeness (QED) is 0.802. The first-order valence-corrected chi connectivity index (χ1v) is 8.82. The summed E-state index contributed by atoms with van der Waals surface area (Å²) in [5, 5.41) is 0.744. The zero-order chi connectivity index (χ0) is 15.4. The van der Waals surface area contributed by atoms with Gasteiger partial charge in [0.1, 0.15) is 0 Å². The van der Waals surface area contributed by atoms with Gasteiger partial charge in [-0.25, -0.2) is 13.1 Å². The van der Waals surface area contributed by atoms with Gasteiger partial charge in [-0.15, -0.1) is 0 Å². The van der Waals surface area contributed by atoms with Gasteiger partial charge in [0.15, 0.2) is 0 Å². The molecule has 0 spiro atoms. The predicted molar refractivity (Wildman–Crippen MR) is 84.6 cm³/mol. The Morgan fingerprint density at radius 1 is 1.20 bits per heavy atom. The van der Waals surface area contributed by atoms with Crippen LogP contribution in [-0.2, 0) is 15.8 Å². The Kier molecular flexibility index (Phi) is 6.28. The number of hydrogen-bond acceptors (Lipinski definition) is 3. The van der Waals surface area contributed by atoms with Gasteiger partial charge in [0.05, 0.1) is 15.8 Å². The van der Waals surface area contributed by atoms with E-state index in [0.717, 1.165) is 0 Å². The minimum absolute atomic E-state index is 0.145. The summed E-state index contributed by atoms with van der Waals surface area (Å²) in [6, 6.07) is 4.78. The van der Waals surface area contributed by atoms with E-state index in [1.54, 1.807) is 18.2 Å². The number of nitrogens with one attached hydrogen (secondary N) is 1. The van der Waals surface area contributed by atoms with Crippen molar-refractivity contribution < 1.29 is 8.42 Å². The Morgan fingerprint density at radius 3 is 2.30 bits per heavy atom. The molecule has 4 nitrogen and oxygen atoms in total. The van der Waals surface area contributed by atoms with Crippen molar-refractivity contribution in [3.05, 3.63) is 33.8 Å². The van der Waals surface area contributed by atoms with Crippen LogP contribution in [0, 0.1) is 0 Å². The van der Waals surface area contributed by atoms with E-state index in [0.29, 0.717) is 28.5 Å². The molecule has 0 saturated carbocycles. The van der Waals surface area contributed by atoms with E-state index in [2.05, 4.69) is 4.72 Å². The molecule has 0 aliphatic carbocycles. The largest absolute Gasteiger partial charge is 0.324 e. The molecule has 1 aromatic rings. The molecular weight excluding hydrogens is 319 g/mol. The fraction of sp³-hybridized carbons (Fsp3) is 0.538. The molecule has 0 heterocycles. The van der Waals surface area contributed by atoms with E-state index in [1.807, 2.05) is 13.8 Å². The number of benzene rings is 1. The van der Waals surface area contributed by atoms with Crippen molar-refractivity contribution in [2.24, 2.45) is 5.73 Å². The molecule has 7 heteroatoms. The topological polar surface area (TPSA) is 72.2 Å². The zero-order valence-electron chi connectivity index (χ0n) is 11.6. The molecule has 0 atom stereocenters. The van der Waals surface area contributed by atoms with Crippen molar-refractivity contribution in [1.29, 1.82) is 0 Å². The van der Waals surface area contributed by atoms with Crippen LogP contribution < -0.4 is 10.5 Å². The monoisotopic (exact) mass is 338 g/mol. The summed E-state index contributed by atoms with van der Waals surface area (Å²) < 4.78 is 26.6. The normalized spacial score (nSPS) is 12.7. The Morgan fingerprint density at radius 2 is 1.80 bits per heavy atom. The standard InChI is InChI=1S/C13H20Cl2N2O2S/c1-3-13(16,4-2)9-17-20(18,19)8-10-5-6-11(14)12(15)7-10/h5-7,17H,3-4,8-9,16H2,1-2H3. The number of nitrogens with two attached hydrogens (primary N) is 1. The molecule has 0 fully saturated rings. The molecule has 1 aromatic carbocycles. The summed E-state index contributed by atoms with van der Waals surface area (Å²) in [7, 11) is -3.45. The number of hydrogen-bond donors (Lipinski definition) is 2. The molecule has 0 radical (unpaired) electrons. The summed E-state index contributed by atoms with van der Waals surface area (Å²) in [6.07, 6.45) is 1.41. The lowest BCUT2D eigenvalue weighted by molar-refractivity contribution is 0.391. The maximum absolute atomic E-state index is 12.0. The van der Waals surface area contributed by atoms with Gasteiger partial charge in [-0.3, -0.25) is 0 Å². The van der Waals surface area contributed by atoms with Gasteiger partial charge in [0, 0.05) is 12.1 Å². The van der Waals surface area contributed by atoms with Crippen LogP contribution in [0.2, 0.25) is 10.0 Å². The van der Waals surface area contributed by atoms with E-state index in [-0.39, 0.29) is 12.3 Å². The van der Waals surface area contributed by atoms with Crippen molar-refractivity contribution in [1.82, 2.24) is 4.72 Å². The molecule has 0 aromatic heterocycles. The fourth-order valence-electron chi connectivity index (χ4n) is 1.65. The van der Waals surface area contributed by atoms with Crippen LogP contribution in [0.5, 0.6) is 0 Å². The highest BCUT2D eigenvalue weighted by Crippen LogP contribution is 2.23. The van der Waals surface area contributed by atoms with E-state index in [4.69, 9.17) is 28.9 Å². The maximum Gasteiger partial charge on any atom is 0.215 e. The van der Waals surface area contributed by atoms with Gasteiger partial charge in [0.25, 0.3) is 0 Å². The number of halogens is 2. The van der Waals surface area contributed by atoms with Crippen molar-refractivity contribution in [3.8, 4) is 0 Å². The summed E-state index contributed by atoms with van der Waals surface area (Å²) in [5.41, 5.74) is 6.15. The average molecular weight is 339 g/mol. The third kappa shape index (κ3) is 5.22. The van der Waals surface area contributed by atoms with Gasteiger partial charge < -0.3 is 5.73 Å². The van der Waals surface area contributed by atoms with Crippen molar-refractivity contribution in [2.45, 2.75) is 38.0 Å². The first-order valence-electron chi connectivity index (χ1n) is 6.41. The first kappa shape index (κ1) is 17.7. The Labute approximate surface area is 130 Å². The molecule has 0 aliphatic heterocycles. The highest BCUT2D eigenvalue weighted by molar-refractivity contribution is 7.88. The molecule has 20 heavy (non-hydrogen) atoms. The second-order valence-electron chi connectivity index (χ2n) is 4.90. The molecule has 0 bridgehead atoms. The molecule has 3 N–H and O–H groups in total. The molecular formula is C13H20Cl2N2O2S. The molecule has 0 aliphatic rings. The van der Waals surface area contributed by atoms with Gasteiger partial charge in [-0.05, 0) is 30.5 Å². The number of rotatable bonds is 7. The maximum atomic E-state index is 12.0. The van der Waals surface area contributed by atoms with Crippen molar-refractivity contribution >= 4 is 33.2 Å². The molecule has 0 amide bonds. The van der Waals surface area contributed by atoms with E-state index >= 15 is 0 Å². The average Bonchev–Trinajstić information content (AvgIpc) is 2.40. The van der Waals surface area contributed by atoms with Crippen LogP contribution in [0.3, 0.4) is 0 Å². The summed E-state index contributed by atoms with van der Waals surface area (Å²) in [4.78, 5) is 0. The molecule has 0 saturated heterocycles. The number of sulfonamides is 1. The Balaban J connectivity index is 2.73. The van der Waals surface area contributed by atoms with Crippen LogP contribution >= 0.6 is 23.2 Å². The minimum Gasteiger partial charge on any atom is -0.324 e. The fourth-order valence-corrected chi connectivity index (χ4v) is 3.20. The van der Waals surface area contributed by atoms with Gasteiger partial charge in [-0.1, -0.05) is 43.1 Å². The summed E-state index contributed by atoms with van der Waals surface area (Å²) in [6.45, 7) is 4.11. The SMILES string of the molecule is CCC(N)(CC)CNS(=O)(=O)Cc1ccc(Cl)c(Cl)c1. The van der Waals surface area contributed by atoms with Crippen LogP contribution in [0.15, 0.2) is 18.2 Å². The second kappa shape index (κ2) is 7.09. The predicted octanol–water partition coefficient (Wildman–Crippen LogP) is 2.93. The smallest absolute Gasteiger partial charge is 0.215 e. The van der Waals surface area contributed by atoms with Gasteiger partial charge in [0.2, 0.25) is 10.0 Å². The van der Waals surface area contributed by atoms with Gasteiger partial charge >= 0.3 is 0 Å². The lowest BCUT2D eigenvalue weighted by Crippen LogP contribution is -2.49. The zero-order valence-corrected chi connectivity index (χ0v) is 13.9. The van der Waals surface area contributed by atoms with Crippen LogP contribution in [-0.4, -0.2) is 20.5 Å². The van der Waals surface area contributed by atoms with Crippen molar-refractivity contribution in [2.75, 3.05) is 6.54 Å². The summed E-state index contributed by atoms with van der Waals surface area (Å²) >= 11 is 11.7. The Hall–Kier alpha value is -0.330. The van der Waals surface area contributed by atoms with Gasteiger partial charge in [-0.2, -0.15) is 0 Å². The summed E-state index contributed by atoms with van der Waals surface area (Å²) in [5.74, 6) is -0.145. The van der Waals surface area contributed by atoms with Crippen LogP contribution in [0.1, 0.15) is 32.3 Å². The lowest BCUT2D eigenvalue weighted by Gasteiger charge is -2.26. The third-order valence-electron chi connectivity index (χ3n) is 3.39. The molecule has 0 unspecified atom stereocenters. The third-order valence-corrected chi connectivity index (χ3v) is 5.43. The van der Waals surface area contributed by atoms with E-state index in [1.165, 1.54) is 0 Å². The molecule has 114 valence electrons. The van der Waals surface area contributed by atoms with E-state index in [9.17, 15) is 8.42 Å². The Bertz CT molecular complexity index is 557.